The summed E-state index contributed by atoms with van der Waals surface area (Å²) in [4.78, 5) is 14.4. The van der Waals surface area contributed by atoms with Gasteiger partial charge in [-0.15, -0.1) is 0 Å². The second kappa shape index (κ2) is 7.12. The van der Waals surface area contributed by atoms with Crippen LogP contribution in [-0.2, 0) is 10.0 Å². The van der Waals surface area contributed by atoms with E-state index in [0.29, 0.717) is 11.1 Å². The van der Waals surface area contributed by atoms with E-state index in [2.05, 4.69) is 10.1 Å². The molecule has 0 aliphatic heterocycles. The molecule has 0 radical (unpaired) electrons. The summed E-state index contributed by atoms with van der Waals surface area (Å²) in [6, 6.07) is 12.9. The minimum absolute atomic E-state index is 0.157. The van der Waals surface area contributed by atoms with Crippen LogP contribution in [-0.4, -0.2) is 36.0 Å². The molecule has 9 heteroatoms. The first kappa shape index (κ1) is 18.5. The average molecular weight is 384 g/mol. The first-order chi connectivity index (χ1) is 12.8. The maximum absolute atomic E-state index is 12.8. The van der Waals surface area contributed by atoms with Gasteiger partial charge in [-0.2, -0.15) is 17.9 Å². The number of nitrogens with zero attached hydrogens (tertiary/aromatic N) is 4. The molecule has 0 aliphatic rings. The van der Waals surface area contributed by atoms with Crippen LogP contribution in [0.2, 0.25) is 0 Å². The Morgan fingerprint density at radius 3 is 2.67 bits per heavy atom. The maximum atomic E-state index is 12.8. The van der Waals surface area contributed by atoms with E-state index in [9.17, 15) is 18.5 Å². The zero-order valence-corrected chi connectivity index (χ0v) is 15.4. The molecule has 1 heterocycles. The van der Waals surface area contributed by atoms with Gasteiger partial charge in [-0.1, -0.05) is 24.3 Å². The molecular formula is C18H16N4O4S. The van der Waals surface area contributed by atoms with E-state index in [1.54, 1.807) is 19.2 Å². The Morgan fingerprint density at radius 2 is 1.93 bits per heavy atom. The lowest BCUT2D eigenvalue weighted by Crippen LogP contribution is -2.23. The fourth-order valence-corrected chi connectivity index (χ4v) is 3.76. The summed E-state index contributed by atoms with van der Waals surface area (Å²) in [6.45, 7) is 1.57. The molecule has 8 nitrogen and oxygen atoms in total. The van der Waals surface area contributed by atoms with Gasteiger partial charge in [-0.25, -0.2) is 0 Å². The Bertz CT molecular complexity index is 1150. The number of non-ortho nitro benzene ring substituents is 1. The number of nitro groups is 1. The number of hydrazone groups is 1. The number of nitro benzene ring substituents is 1. The number of pyridine rings is 1. The van der Waals surface area contributed by atoms with Gasteiger partial charge >= 0.3 is 0 Å². The van der Waals surface area contributed by atoms with E-state index in [-0.39, 0.29) is 10.6 Å². The summed E-state index contributed by atoms with van der Waals surface area (Å²) in [5, 5.41) is 15.8. The molecule has 0 fully saturated rings. The molecule has 0 saturated carbocycles. The van der Waals surface area contributed by atoms with Gasteiger partial charge in [0.2, 0.25) is 0 Å². The SMILES string of the molecule is Cc1ccc([N+](=O)[O-])cc1S(=O)(=O)N(C)/N=C/c1ccnc2ccccc12. The molecule has 0 bridgehead atoms. The van der Waals surface area contributed by atoms with Crippen LogP contribution < -0.4 is 0 Å². The first-order valence-electron chi connectivity index (χ1n) is 7.92. The van der Waals surface area contributed by atoms with Crippen molar-refractivity contribution in [2.45, 2.75) is 11.8 Å². The highest BCUT2D eigenvalue weighted by atomic mass is 32.2. The van der Waals surface area contributed by atoms with Crippen molar-refractivity contribution in [1.82, 2.24) is 9.40 Å². The van der Waals surface area contributed by atoms with Crippen molar-refractivity contribution in [1.29, 1.82) is 0 Å². The average Bonchev–Trinajstić information content (AvgIpc) is 2.65. The molecule has 3 rings (SSSR count). The number of aromatic nitrogens is 1. The van der Waals surface area contributed by atoms with Gasteiger partial charge in [0.15, 0.2) is 0 Å². The highest BCUT2D eigenvalue weighted by Gasteiger charge is 2.24. The van der Waals surface area contributed by atoms with Gasteiger partial charge in [0, 0.05) is 36.3 Å². The molecule has 0 amide bonds. The predicted molar refractivity (Wildman–Crippen MR) is 102 cm³/mol. The van der Waals surface area contributed by atoms with Crippen molar-refractivity contribution in [2.24, 2.45) is 5.10 Å². The van der Waals surface area contributed by atoms with E-state index < -0.39 is 14.9 Å². The lowest BCUT2D eigenvalue weighted by Gasteiger charge is -2.15. The second-order valence-electron chi connectivity index (χ2n) is 5.81. The van der Waals surface area contributed by atoms with Crippen molar-refractivity contribution in [2.75, 3.05) is 7.05 Å². The molecule has 2 aromatic carbocycles. The fourth-order valence-electron chi connectivity index (χ4n) is 2.56. The topological polar surface area (TPSA) is 106 Å². The number of fused-ring (bicyclic) bond motifs is 1. The smallest absolute Gasteiger partial charge is 0.258 e. The largest absolute Gasteiger partial charge is 0.279 e. The molecule has 0 aliphatic carbocycles. The number of benzene rings is 2. The molecule has 0 atom stereocenters. The normalized spacial score (nSPS) is 11.8. The van der Waals surface area contributed by atoms with Crippen molar-refractivity contribution >= 4 is 32.8 Å². The lowest BCUT2D eigenvalue weighted by molar-refractivity contribution is -0.385. The van der Waals surface area contributed by atoms with Crippen LogP contribution in [0.1, 0.15) is 11.1 Å². The number of para-hydroxylation sites is 1. The molecule has 1 aromatic heterocycles. The third-order valence-electron chi connectivity index (χ3n) is 4.05. The maximum Gasteiger partial charge on any atom is 0.279 e. The Hall–Kier alpha value is -3.33. The molecule has 0 saturated heterocycles. The number of aryl methyl sites for hydroxylation is 1. The lowest BCUT2D eigenvalue weighted by atomic mass is 10.1. The van der Waals surface area contributed by atoms with Crippen LogP contribution in [0.15, 0.2) is 64.7 Å². The quantitative estimate of drug-likeness (QED) is 0.382. The standard InChI is InChI=1S/C18H16N4O4S/c1-13-7-8-15(22(23)24)11-18(13)27(25,26)21(2)20-12-14-9-10-19-17-6-4-3-5-16(14)17/h3-12H,1-2H3/b20-12+. The van der Waals surface area contributed by atoms with E-state index in [4.69, 9.17) is 0 Å². The van der Waals surface area contributed by atoms with Crippen LogP contribution in [0.4, 0.5) is 5.69 Å². The number of hydrogen-bond donors (Lipinski definition) is 0. The van der Waals surface area contributed by atoms with Gasteiger partial charge < -0.3 is 0 Å². The molecule has 3 aromatic rings. The van der Waals surface area contributed by atoms with Crippen molar-refractivity contribution in [3.8, 4) is 0 Å². The summed E-state index contributed by atoms with van der Waals surface area (Å²) < 4.78 is 26.4. The Balaban J connectivity index is 1.97. The molecule has 138 valence electrons. The van der Waals surface area contributed by atoms with Gasteiger partial charge in [0.25, 0.3) is 15.7 Å². The van der Waals surface area contributed by atoms with Crippen molar-refractivity contribution < 1.29 is 13.3 Å². The van der Waals surface area contributed by atoms with Gasteiger partial charge in [0.05, 0.1) is 21.6 Å². The fraction of sp³-hybridized carbons (Fsp3) is 0.111. The third kappa shape index (κ3) is 3.63. The summed E-state index contributed by atoms with van der Waals surface area (Å²) in [6.07, 6.45) is 3.04. The summed E-state index contributed by atoms with van der Waals surface area (Å²) >= 11 is 0. The van der Waals surface area contributed by atoms with Crippen LogP contribution >= 0.6 is 0 Å². The Labute approximate surface area is 156 Å². The monoisotopic (exact) mass is 384 g/mol. The summed E-state index contributed by atoms with van der Waals surface area (Å²) in [5.74, 6) is 0. The number of rotatable bonds is 5. The minimum Gasteiger partial charge on any atom is -0.258 e. The number of sulfonamides is 1. The van der Waals surface area contributed by atoms with E-state index >= 15 is 0 Å². The van der Waals surface area contributed by atoms with Crippen LogP contribution in [0, 0.1) is 17.0 Å². The van der Waals surface area contributed by atoms with Gasteiger partial charge in [-0.05, 0) is 24.6 Å². The van der Waals surface area contributed by atoms with Crippen LogP contribution in [0.25, 0.3) is 10.9 Å². The van der Waals surface area contributed by atoms with E-state index in [1.165, 1.54) is 25.4 Å². The zero-order valence-electron chi connectivity index (χ0n) is 14.6. The summed E-state index contributed by atoms with van der Waals surface area (Å²) in [5.41, 5.74) is 1.58. The molecular weight excluding hydrogens is 368 g/mol. The predicted octanol–water partition coefficient (Wildman–Crippen LogP) is 3.11. The van der Waals surface area contributed by atoms with E-state index in [0.717, 1.165) is 21.4 Å². The minimum atomic E-state index is -4.03. The highest BCUT2D eigenvalue weighted by molar-refractivity contribution is 7.89. The molecule has 27 heavy (non-hydrogen) atoms. The molecule has 0 spiro atoms. The third-order valence-corrected chi connectivity index (χ3v) is 5.84. The van der Waals surface area contributed by atoms with Crippen molar-refractivity contribution in [3.05, 3.63) is 76.0 Å². The number of hydrogen-bond acceptors (Lipinski definition) is 6. The van der Waals surface area contributed by atoms with Crippen molar-refractivity contribution in [3.63, 3.8) is 0 Å². The Kier molecular flexibility index (Phi) is 4.87. The van der Waals surface area contributed by atoms with Gasteiger partial charge in [0.1, 0.15) is 0 Å². The molecule has 0 N–H and O–H groups in total. The molecule has 0 unspecified atom stereocenters. The Morgan fingerprint density at radius 1 is 1.19 bits per heavy atom. The van der Waals surface area contributed by atoms with E-state index in [1.807, 2.05) is 24.3 Å². The summed E-state index contributed by atoms with van der Waals surface area (Å²) in [7, 11) is -2.75. The zero-order chi connectivity index (χ0) is 19.6. The second-order valence-corrected chi connectivity index (χ2v) is 7.73. The van der Waals surface area contributed by atoms with Crippen LogP contribution in [0.3, 0.4) is 0 Å². The first-order valence-corrected chi connectivity index (χ1v) is 9.36. The van der Waals surface area contributed by atoms with Gasteiger partial charge in [-0.3, -0.25) is 15.1 Å². The van der Waals surface area contributed by atoms with Crippen LogP contribution in [0.5, 0.6) is 0 Å². The highest BCUT2D eigenvalue weighted by Crippen LogP contribution is 2.24.